The first-order valence-corrected chi connectivity index (χ1v) is 7.63. The molecule has 0 aromatic heterocycles. The van der Waals surface area contributed by atoms with Gasteiger partial charge < -0.3 is 9.47 Å². The first-order chi connectivity index (χ1) is 8.55. The van der Waals surface area contributed by atoms with Gasteiger partial charge >= 0.3 is 11.9 Å². The van der Waals surface area contributed by atoms with Crippen LogP contribution in [0.1, 0.15) is 41.5 Å². The molecule has 19 heavy (non-hydrogen) atoms. The molecule has 0 atom stereocenters. The van der Waals surface area contributed by atoms with Gasteiger partial charge in [0.05, 0.1) is 10.8 Å². The van der Waals surface area contributed by atoms with E-state index in [9.17, 15) is 9.59 Å². The molecule has 0 spiro atoms. The lowest BCUT2D eigenvalue weighted by atomic mass is 9.97. The minimum absolute atomic E-state index is 0.188. The second-order valence-electron chi connectivity index (χ2n) is 6.38. The maximum atomic E-state index is 11.5. The summed E-state index contributed by atoms with van der Waals surface area (Å²) in [6, 6.07) is 0. The van der Waals surface area contributed by atoms with Gasteiger partial charge in [0.15, 0.2) is 0 Å². The summed E-state index contributed by atoms with van der Waals surface area (Å²) in [5.74, 6) is 1.06. The Balaban J connectivity index is 3.53. The van der Waals surface area contributed by atoms with Crippen LogP contribution in [0.5, 0.6) is 0 Å². The van der Waals surface area contributed by atoms with E-state index >= 15 is 0 Å². The number of ether oxygens (including phenoxy) is 2. The minimum atomic E-state index is -0.451. The quantitative estimate of drug-likeness (QED) is 0.556. The Kier molecular flexibility index (Phi) is 7.49. The molecule has 4 nitrogen and oxygen atoms in total. The molecule has 0 aliphatic carbocycles. The van der Waals surface area contributed by atoms with Gasteiger partial charge in [-0.25, -0.2) is 0 Å². The zero-order chi connectivity index (χ0) is 15.1. The van der Waals surface area contributed by atoms with Crippen molar-refractivity contribution in [3.63, 3.8) is 0 Å². The molecule has 0 radical (unpaired) electrons. The van der Waals surface area contributed by atoms with Gasteiger partial charge in [0, 0.05) is 11.5 Å². The van der Waals surface area contributed by atoms with Gasteiger partial charge in [-0.05, 0) is 41.5 Å². The number of rotatable bonds is 6. The molecule has 0 saturated heterocycles. The second-order valence-corrected chi connectivity index (χ2v) is 7.61. The highest BCUT2D eigenvalue weighted by Gasteiger charge is 2.23. The van der Waals surface area contributed by atoms with E-state index in [0.717, 1.165) is 11.5 Å². The van der Waals surface area contributed by atoms with Crippen LogP contribution in [-0.4, -0.2) is 36.7 Å². The topological polar surface area (TPSA) is 52.6 Å². The molecule has 0 aromatic rings. The fourth-order valence-electron chi connectivity index (χ4n) is 0.922. The Labute approximate surface area is 120 Å². The zero-order valence-electron chi connectivity index (χ0n) is 12.9. The van der Waals surface area contributed by atoms with Crippen LogP contribution in [0.15, 0.2) is 0 Å². The molecule has 0 aliphatic heterocycles. The summed E-state index contributed by atoms with van der Waals surface area (Å²) in [6.07, 6.45) is 0. The molecule has 0 saturated carbocycles. The summed E-state index contributed by atoms with van der Waals surface area (Å²) in [5.41, 5.74) is -0.903. The fourth-order valence-corrected chi connectivity index (χ4v) is 1.53. The van der Waals surface area contributed by atoms with E-state index in [1.54, 1.807) is 11.8 Å². The van der Waals surface area contributed by atoms with E-state index in [2.05, 4.69) is 0 Å². The molecule has 0 aliphatic rings. The fraction of sp³-hybridized carbons (Fsp3) is 0.857. The van der Waals surface area contributed by atoms with E-state index in [-0.39, 0.29) is 11.9 Å². The Morgan fingerprint density at radius 2 is 1.11 bits per heavy atom. The standard InChI is InChI=1S/C14H26O4S/c1-13(2,3)11(15)17-7-9-19-10-8-18-12(16)14(4,5)6/h7-10H2,1-6H3. The van der Waals surface area contributed by atoms with E-state index in [0.29, 0.717) is 13.2 Å². The summed E-state index contributed by atoms with van der Waals surface area (Å²) < 4.78 is 10.2. The van der Waals surface area contributed by atoms with Crippen molar-refractivity contribution in [1.82, 2.24) is 0 Å². The molecule has 0 fully saturated rings. The number of carbonyl (C=O) groups excluding carboxylic acids is 2. The highest BCUT2D eigenvalue weighted by molar-refractivity contribution is 7.99. The third kappa shape index (κ3) is 8.92. The minimum Gasteiger partial charge on any atom is -0.464 e. The van der Waals surface area contributed by atoms with Crippen molar-refractivity contribution in [2.45, 2.75) is 41.5 Å². The Morgan fingerprint density at radius 3 is 1.37 bits per heavy atom. The molecule has 5 heteroatoms. The number of hydrogen-bond donors (Lipinski definition) is 0. The number of carbonyl (C=O) groups is 2. The molecule has 0 bridgehead atoms. The zero-order valence-corrected chi connectivity index (χ0v) is 13.7. The molecule has 0 rings (SSSR count). The van der Waals surface area contributed by atoms with E-state index in [1.165, 1.54) is 0 Å². The Hall–Kier alpha value is -0.710. The predicted molar refractivity (Wildman–Crippen MR) is 78.2 cm³/mol. The largest absolute Gasteiger partial charge is 0.464 e. The SMILES string of the molecule is CC(C)(C)C(=O)OCCSCCOC(=O)C(C)(C)C. The average Bonchev–Trinajstić information content (AvgIpc) is 2.24. The highest BCUT2D eigenvalue weighted by Crippen LogP contribution is 2.16. The van der Waals surface area contributed by atoms with Crippen LogP contribution in [0.3, 0.4) is 0 Å². The summed E-state index contributed by atoms with van der Waals surface area (Å²) >= 11 is 1.60. The van der Waals surface area contributed by atoms with Crippen LogP contribution in [0.2, 0.25) is 0 Å². The van der Waals surface area contributed by atoms with Crippen molar-refractivity contribution in [2.24, 2.45) is 10.8 Å². The third-order valence-corrected chi connectivity index (χ3v) is 3.06. The van der Waals surface area contributed by atoms with Crippen molar-refractivity contribution in [2.75, 3.05) is 24.7 Å². The molecular weight excluding hydrogens is 264 g/mol. The van der Waals surface area contributed by atoms with Crippen LogP contribution < -0.4 is 0 Å². The van der Waals surface area contributed by atoms with Crippen molar-refractivity contribution in [3.05, 3.63) is 0 Å². The van der Waals surface area contributed by atoms with E-state index in [1.807, 2.05) is 41.5 Å². The average molecular weight is 290 g/mol. The van der Waals surface area contributed by atoms with Crippen LogP contribution in [0.4, 0.5) is 0 Å². The van der Waals surface area contributed by atoms with Crippen LogP contribution >= 0.6 is 11.8 Å². The van der Waals surface area contributed by atoms with Crippen molar-refractivity contribution < 1.29 is 19.1 Å². The van der Waals surface area contributed by atoms with Gasteiger partial charge in [-0.1, -0.05) is 0 Å². The van der Waals surface area contributed by atoms with Gasteiger partial charge in [0.2, 0.25) is 0 Å². The number of thioether (sulfide) groups is 1. The predicted octanol–water partition coefficient (Wildman–Crippen LogP) is 2.90. The maximum Gasteiger partial charge on any atom is 0.311 e. The second kappa shape index (κ2) is 7.78. The third-order valence-electron chi connectivity index (χ3n) is 2.15. The van der Waals surface area contributed by atoms with Crippen molar-refractivity contribution >= 4 is 23.7 Å². The summed E-state index contributed by atoms with van der Waals surface area (Å²) in [7, 11) is 0. The van der Waals surface area contributed by atoms with E-state index < -0.39 is 10.8 Å². The maximum absolute atomic E-state index is 11.5. The van der Waals surface area contributed by atoms with Gasteiger partial charge in [0.25, 0.3) is 0 Å². The Morgan fingerprint density at radius 1 is 0.789 bits per heavy atom. The first-order valence-electron chi connectivity index (χ1n) is 6.47. The normalized spacial score (nSPS) is 12.1. The molecular formula is C14H26O4S. The molecule has 0 aromatic carbocycles. The first kappa shape index (κ1) is 18.3. The van der Waals surface area contributed by atoms with E-state index in [4.69, 9.17) is 9.47 Å². The number of esters is 2. The molecule has 0 unspecified atom stereocenters. The smallest absolute Gasteiger partial charge is 0.311 e. The lowest BCUT2D eigenvalue weighted by Crippen LogP contribution is -2.24. The van der Waals surface area contributed by atoms with Crippen LogP contribution in [-0.2, 0) is 19.1 Å². The van der Waals surface area contributed by atoms with Gasteiger partial charge in [-0.3, -0.25) is 9.59 Å². The summed E-state index contributed by atoms with van der Waals surface area (Å²) in [6.45, 7) is 11.8. The molecule has 112 valence electrons. The van der Waals surface area contributed by atoms with Crippen molar-refractivity contribution in [1.29, 1.82) is 0 Å². The highest BCUT2D eigenvalue weighted by atomic mass is 32.2. The Bertz CT molecular complexity index is 270. The van der Waals surface area contributed by atoms with Gasteiger partial charge in [-0.15, -0.1) is 0 Å². The van der Waals surface area contributed by atoms with Gasteiger partial charge in [0.1, 0.15) is 13.2 Å². The van der Waals surface area contributed by atoms with Crippen LogP contribution in [0.25, 0.3) is 0 Å². The molecule has 0 N–H and O–H groups in total. The van der Waals surface area contributed by atoms with Crippen molar-refractivity contribution in [3.8, 4) is 0 Å². The molecule has 0 amide bonds. The monoisotopic (exact) mass is 290 g/mol. The molecule has 0 heterocycles. The van der Waals surface area contributed by atoms with Crippen LogP contribution in [0, 0.1) is 10.8 Å². The summed E-state index contributed by atoms with van der Waals surface area (Å²) in [4.78, 5) is 22.9. The van der Waals surface area contributed by atoms with Gasteiger partial charge in [-0.2, -0.15) is 11.8 Å². The number of hydrogen-bond acceptors (Lipinski definition) is 5. The summed E-state index contributed by atoms with van der Waals surface area (Å²) in [5, 5.41) is 0. The lowest BCUT2D eigenvalue weighted by molar-refractivity contribution is -0.152. The lowest BCUT2D eigenvalue weighted by Gasteiger charge is -2.17.